The summed E-state index contributed by atoms with van der Waals surface area (Å²) in [6.07, 6.45) is 1.92. The van der Waals surface area contributed by atoms with Gasteiger partial charge in [-0.15, -0.1) is 0 Å². The Morgan fingerprint density at radius 1 is 1.15 bits per heavy atom. The van der Waals surface area contributed by atoms with Crippen LogP contribution in [0.1, 0.15) is 22.5 Å². The van der Waals surface area contributed by atoms with Gasteiger partial charge in [0, 0.05) is 25.7 Å². The van der Waals surface area contributed by atoms with Crippen molar-refractivity contribution in [2.45, 2.75) is 12.8 Å². The second-order valence-corrected chi connectivity index (χ2v) is 7.18. The van der Waals surface area contributed by atoms with Crippen LogP contribution in [0, 0.1) is 5.92 Å². The van der Waals surface area contributed by atoms with Crippen molar-refractivity contribution in [1.82, 2.24) is 14.7 Å². The molecule has 3 aromatic rings. The van der Waals surface area contributed by atoms with E-state index in [1.165, 1.54) is 5.56 Å². The van der Waals surface area contributed by atoms with Crippen LogP contribution in [0.3, 0.4) is 0 Å². The largest absolute Gasteiger partial charge is 0.508 e. The number of rotatable bonds is 4. The van der Waals surface area contributed by atoms with E-state index in [9.17, 15) is 9.90 Å². The van der Waals surface area contributed by atoms with E-state index in [0.717, 1.165) is 37.2 Å². The summed E-state index contributed by atoms with van der Waals surface area (Å²) in [5.41, 5.74) is 3.65. The third-order valence-electron chi connectivity index (χ3n) is 5.20. The number of aromatic hydroxyl groups is 1. The number of aryl methyl sites for hydroxylation is 1. The number of phenols is 1. The summed E-state index contributed by atoms with van der Waals surface area (Å²) in [7, 11) is 1.82. The van der Waals surface area contributed by atoms with Gasteiger partial charge in [-0.3, -0.25) is 9.48 Å². The highest BCUT2D eigenvalue weighted by Crippen LogP contribution is 2.25. The average molecular weight is 361 g/mol. The molecule has 0 bridgehead atoms. The quantitative estimate of drug-likeness (QED) is 0.774. The van der Waals surface area contributed by atoms with Crippen molar-refractivity contribution in [3.8, 4) is 17.0 Å². The van der Waals surface area contributed by atoms with Crippen molar-refractivity contribution >= 4 is 5.91 Å². The van der Waals surface area contributed by atoms with Gasteiger partial charge in [0.25, 0.3) is 5.91 Å². The van der Waals surface area contributed by atoms with Crippen molar-refractivity contribution in [1.29, 1.82) is 0 Å². The summed E-state index contributed by atoms with van der Waals surface area (Å²) in [6.45, 7) is 1.53. The zero-order valence-electron chi connectivity index (χ0n) is 15.4. The minimum Gasteiger partial charge on any atom is -0.508 e. The van der Waals surface area contributed by atoms with E-state index in [-0.39, 0.29) is 11.7 Å². The van der Waals surface area contributed by atoms with Crippen LogP contribution in [0.5, 0.6) is 5.75 Å². The highest BCUT2D eigenvalue weighted by Gasteiger charge is 2.29. The van der Waals surface area contributed by atoms with E-state index >= 15 is 0 Å². The van der Waals surface area contributed by atoms with Crippen LogP contribution in [0.25, 0.3) is 11.3 Å². The number of carbonyl (C=O) groups excluding carboxylic acids is 1. The highest BCUT2D eigenvalue weighted by atomic mass is 16.3. The second-order valence-electron chi connectivity index (χ2n) is 7.18. The van der Waals surface area contributed by atoms with Crippen LogP contribution in [0.2, 0.25) is 0 Å². The zero-order chi connectivity index (χ0) is 18.8. The number of amides is 1. The van der Waals surface area contributed by atoms with Crippen molar-refractivity contribution < 1.29 is 9.90 Å². The number of phenolic OH excluding ortho intramolecular Hbond substituents is 1. The van der Waals surface area contributed by atoms with E-state index in [1.54, 1.807) is 16.8 Å². The first-order chi connectivity index (χ1) is 13.1. The number of benzene rings is 2. The van der Waals surface area contributed by atoms with Gasteiger partial charge in [0.2, 0.25) is 0 Å². The maximum Gasteiger partial charge on any atom is 0.272 e. The van der Waals surface area contributed by atoms with Gasteiger partial charge in [-0.25, -0.2) is 0 Å². The fourth-order valence-corrected chi connectivity index (χ4v) is 3.73. The minimum atomic E-state index is 0.0420. The van der Waals surface area contributed by atoms with Crippen LogP contribution >= 0.6 is 0 Å². The van der Waals surface area contributed by atoms with Crippen molar-refractivity contribution in [2.24, 2.45) is 13.0 Å². The van der Waals surface area contributed by atoms with Crippen molar-refractivity contribution in [3.63, 3.8) is 0 Å². The number of nitrogens with zero attached hydrogens (tertiary/aromatic N) is 3. The Hall–Kier alpha value is -3.08. The number of hydrogen-bond acceptors (Lipinski definition) is 3. The Kier molecular flexibility index (Phi) is 4.67. The fraction of sp³-hybridized carbons (Fsp3) is 0.273. The van der Waals surface area contributed by atoms with Gasteiger partial charge in [-0.1, -0.05) is 42.5 Å². The molecule has 0 saturated carbocycles. The standard InChI is InChI=1S/C22H23N3O2/c1-24-21(14-20(23-24)18-5-3-2-4-6-18)22(27)25-12-11-17(15-25)13-16-7-9-19(26)10-8-16/h2-10,14,17,26H,11-13,15H2,1H3. The molecule has 1 amide bonds. The Labute approximate surface area is 158 Å². The summed E-state index contributed by atoms with van der Waals surface area (Å²) >= 11 is 0. The first kappa shape index (κ1) is 17.3. The van der Waals surface area contributed by atoms with E-state index < -0.39 is 0 Å². The molecule has 2 heterocycles. The Bertz CT molecular complexity index is 932. The predicted molar refractivity (Wildman–Crippen MR) is 104 cm³/mol. The minimum absolute atomic E-state index is 0.0420. The van der Waals surface area contributed by atoms with E-state index in [1.807, 2.05) is 60.5 Å². The molecule has 1 fully saturated rings. The molecule has 1 unspecified atom stereocenters. The van der Waals surface area contributed by atoms with Crippen LogP contribution in [0.4, 0.5) is 0 Å². The Morgan fingerprint density at radius 3 is 2.63 bits per heavy atom. The first-order valence-corrected chi connectivity index (χ1v) is 9.27. The van der Waals surface area contributed by atoms with Gasteiger partial charge in [0.15, 0.2) is 0 Å². The molecule has 1 aliphatic rings. The molecule has 1 aliphatic heterocycles. The third-order valence-corrected chi connectivity index (χ3v) is 5.20. The maximum atomic E-state index is 13.0. The Morgan fingerprint density at radius 2 is 1.89 bits per heavy atom. The number of hydrogen-bond donors (Lipinski definition) is 1. The fourth-order valence-electron chi connectivity index (χ4n) is 3.73. The number of aromatic nitrogens is 2. The molecule has 1 saturated heterocycles. The molecule has 27 heavy (non-hydrogen) atoms. The maximum absolute atomic E-state index is 13.0. The molecule has 0 radical (unpaired) electrons. The summed E-state index contributed by atoms with van der Waals surface area (Å²) in [4.78, 5) is 14.9. The normalized spacial score (nSPS) is 16.6. The molecule has 1 N–H and O–H groups in total. The Balaban J connectivity index is 1.44. The first-order valence-electron chi connectivity index (χ1n) is 9.27. The molecule has 1 atom stereocenters. The van der Waals surface area contributed by atoms with E-state index in [2.05, 4.69) is 5.10 Å². The van der Waals surface area contributed by atoms with Crippen molar-refractivity contribution in [3.05, 3.63) is 71.9 Å². The number of likely N-dealkylation sites (tertiary alicyclic amines) is 1. The van der Waals surface area contributed by atoms with Gasteiger partial charge < -0.3 is 10.0 Å². The molecule has 0 spiro atoms. The van der Waals surface area contributed by atoms with Gasteiger partial charge in [-0.05, 0) is 42.5 Å². The smallest absolute Gasteiger partial charge is 0.272 e. The monoisotopic (exact) mass is 361 g/mol. The topological polar surface area (TPSA) is 58.4 Å². The molecule has 2 aromatic carbocycles. The second kappa shape index (κ2) is 7.27. The highest BCUT2D eigenvalue weighted by molar-refractivity contribution is 5.94. The van der Waals surface area contributed by atoms with E-state index in [4.69, 9.17) is 0 Å². The van der Waals surface area contributed by atoms with E-state index in [0.29, 0.717) is 11.6 Å². The molecule has 1 aromatic heterocycles. The summed E-state index contributed by atoms with van der Waals surface area (Å²) in [5.74, 6) is 0.771. The lowest BCUT2D eigenvalue weighted by Crippen LogP contribution is -2.30. The molecule has 4 rings (SSSR count). The van der Waals surface area contributed by atoms with Crippen molar-refractivity contribution in [2.75, 3.05) is 13.1 Å². The van der Waals surface area contributed by atoms with Gasteiger partial charge in [0.05, 0.1) is 5.69 Å². The van der Waals surface area contributed by atoms with Crippen LogP contribution < -0.4 is 0 Å². The molecule has 0 aliphatic carbocycles. The van der Waals surface area contributed by atoms with Crippen LogP contribution in [-0.4, -0.2) is 38.8 Å². The summed E-state index contributed by atoms with van der Waals surface area (Å²) in [5, 5.41) is 13.9. The van der Waals surface area contributed by atoms with Gasteiger partial charge in [0.1, 0.15) is 11.4 Å². The van der Waals surface area contributed by atoms with Gasteiger partial charge >= 0.3 is 0 Å². The van der Waals surface area contributed by atoms with Gasteiger partial charge in [-0.2, -0.15) is 5.10 Å². The molecular weight excluding hydrogens is 338 g/mol. The SMILES string of the molecule is Cn1nc(-c2ccccc2)cc1C(=O)N1CCC(Cc2ccc(O)cc2)C1. The van der Waals surface area contributed by atoms with Crippen LogP contribution in [0.15, 0.2) is 60.7 Å². The average Bonchev–Trinajstić information content (AvgIpc) is 3.31. The number of carbonyl (C=O) groups is 1. The summed E-state index contributed by atoms with van der Waals surface area (Å²) < 4.78 is 1.68. The molecule has 5 heteroatoms. The zero-order valence-corrected chi connectivity index (χ0v) is 15.4. The summed E-state index contributed by atoms with van der Waals surface area (Å²) in [6, 6.07) is 19.1. The van der Waals surface area contributed by atoms with Crippen LogP contribution in [-0.2, 0) is 13.5 Å². The lowest BCUT2D eigenvalue weighted by molar-refractivity contribution is 0.0776. The predicted octanol–water partition coefficient (Wildman–Crippen LogP) is 3.50. The third kappa shape index (κ3) is 3.72. The molecule has 5 nitrogen and oxygen atoms in total. The molecular formula is C22H23N3O2. The lowest BCUT2D eigenvalue weighted by atomic mass is 9.99. The lowest BCUT2D eigenvalue weighted by Gasteiger charge is -2.16. The molecule has 138 valence electrons.